The van der Waals surface area contributed by atoms with Crippen molar-refractivity contribution < 1.29 is 0 Å². The van der Waals surface area contributed by atoms with Crippen molar-refractivity contribution in [3.63, 3.8) is 0 Å². The fourth-order valence-electron chi connectivity index (χ4n) is 2.84. The highest BCUT2D eigenvalue weighted by Gasteiger charge is 2.41. The zero-order valence-corrected chi connectivity index (χ0v) is 13.4. The van der Waals surface area contributed by atoms with E-state index in [4.69, 9.17) is 0 Å². The Hall–Kier alpha value is -0.510. The summed E-state index contributed by atoms with van der Waals surface area (Å²) in [6, 6.07) is 10.9. The second-order valence-corrected chi connectivity index (χ2v) is 7.28. The van der Waals surface area contributed by atoms with Crippen LogP contribution in [0.1, 0.15) is 26.3 Å². The molecule has 2 nitrogen and oxygen atoms in total. The van der Waals surface area contributed by atoms with Gasteiger partial charge in [0.05, 0.1) is 5.54 Å². The van der Waals surface area contributed by atoms with E-state index < -0.39 is 0 Å². The van der Waals surface area contributed by atoms with E-state index in [0.717, 1.165) is 19.6 Å². The minimum Gasteiger partial charge on any atom is -0.308 e. The van der Waals surface area contributed by atoms with Gasteiger partial charge in [0.15, 0.2) is 0 Å². The van der Waals surface area contributed by atoms with Gasteiger partial charge < -0.3 is 5.32 Å². The molecule has 1 fully saturated rings. The summed E-state index contributed by atoms with van der Waals surface area (Å²) in [5.74, 6) is 1.19. The number of rotatable bonds is 4. The maximum atomic E-state index is 3.71. The third kappa shape index (κ3) is 3.33. The van der Waals surface area contributed by atoms with E-state index in [9.17, 15) is 0 Å². The van der Waals surface area contributed by atoms with Crippen molar-refractivity contribution in [1.82, 2.24) is 10.2 Å². The molecule has 2 rings (SSSR count). The summed E-state index contributed by atoms with van der Waals surface area (Å²) in [5, 5.41) is 3.71. The van der Waals surface area contributed by atoms with Gasteiger partial charge in [-0.3, -0.25) is 4.90 Å². The Morgan fingerprint density at radius 2 is 1.89 bits per heavy atom. The second-order valence-electron chi connectivity index (χ2n) is 6.29. The molecule has 0 spiro atoms. The quantitative estimate of drug-likeness (QED) is 0.911. The van der Waals surface area contributed by atoms with Gasteiger partial charge in [-0.1, -0.05) is 30.3 Å². The van der Waals surface area contributed by atoms with Crippen LogP contribution >= 0.6 is 11.8 Å². The van der Waals surface area contributed by atoms with Gasteiger partial charge in [0, 0.05) is 30.9 Å². The molecule has 0 amide bonds. The van der Waals surface area contributed by atoms with Gasteiger partial charge in [-0.15, -0.1) is 0 Å². The van der Waals surface area contributed by atoms with Crippen LogP contribution in [0.15, 0.2) is 30.3 Å². The van der Waals surface area contributed by atoms with Crippen LogP contribution in [0, 0.1) is 0 Å². The summed E-state index contributed by atoms with van der Waals surface area (Å²) in [7, 11) is 0. The Morgan fingerprint density at radius 3 is 2.53 bits per heavy atom. The lowest BCUT2D eigenvalue weighted by Gasteiger charge is -2.51. The molecule has 3 heteroatoms. The predicted octanol–water partition coefficient (Wildman–Crippen LogP) is 2.95. The number of piperazine rings is 1. The lowest BCUT2D eigenvalue weighted by molar-refractivity contribution is 0.0300. The van der Waals surface area contributed by atoms with E-state index in [1.807, 2.05) is 11.8 Å². The first-order valence-electron chi connectivity index (χ1n) is 7.02. The Labute approximate surface area is 122 Å². The molecule has 0 bridgehead atoms. The summed E-state index contributed by atoms with van der Waals surface area (Å²) < 4.78 is 0. The Morgan fingerprint density at radius 1 is 1.21 bits per heavy atom. The molecule has 1 aromatic carbocycles. The summed E-state index contributed by atoms with van der Waals surface area (Å²) in [6.07, 6.45) is 2.19. The van der Waals surface area contributed by atoms with Crippen LogP contribution in [0.25, 0.3) is 0 Å². The summed E-state index contributed by atoms with van der Waals surface area (Å²) in [4.78, 5) is 2.65. The molecule has 1 atom stereocenters. The van der Waals surface area contributed by atoms with Crippen LogP contribution in [0.4, 0.5) is 0 Å². The fourth-order valence-corrected chi connectivity index (χ4v) is 3.24. The number of hydrogen-bond donors (Lipinski definition) is 1. The van der Waals surface area contributed by atoms with Crippen molar-refractivity contribution in [3.05, 3.63) is 35.9 Å². The smallest absolute Gasteiger partial charge is 0.0558 e. The molecule has 0 saturated carbocycles. The fraction of sp³-hybridized carbons (Fsp3) is 0.625. The van der Waals surface area contributed by atoms with Gasteiger partial charge in [0.1, 0.15) is 0 Å². The van der Waals surface area contributed by atoms with Gasteiger partial charge in [-0.05, 0) is 32.6 Å². The van der Waals surface area contributed by atoms with Crippen molar-refractivity contribution in [2.75, 3.05) is 31.6 Å². The first-order chi connectivity index (χ1) is 8.98. The average Bonchev–Trinajstić information content (AvgIpc) is 2.41. The molecule has 19 heavy (non-hydrogen) atoms. The molecular formula is C16H26N2S. The number of nitrogens with one attached hydrogen (secondary N) is 1. The van der Waals surface area contributed by atoms with E-state index in [1.165, 1.54) is 11.3 Å². The molecule has 0 aliphatic carbocycles. The normalized spacial score (nSPS) is 27.4. The third-order valence-electron chi connectivity index (χ3n) is 4.16. The topological polar surface area (TPSA) is 15.3 Å². The minimum atomic E-state index is 0.104. The Kier molecular flexibility index (Phi) is 4.59. The molecular weight excluding hydrogens is 252 g/mol. The molecule has 1 saturated heterocycles. The van der Waals surface area contributed by atoms with Crippen molar-refractivity contribution in [3.8, 4) is 0 Å². The molecule has 1 heterocycles. The van der Waals surface area contributed by atoms with Gasteiger partial charge in [-0.2, -0.15) is 11.8 Å². The monoisotopic (exact) mass is 278 g/mol. The highest BCUT2D eigenvalue weighted by atomic mass is 32.2. The lowest BCUT2D eigenvalue weighted by Crippen LogP contribution is -2.65. The van der Waals surface area contributed by atoms with Crippen LogP contribution in [0.3, 0.4) is 0 Å². The van der Waals surface area contributed by atoms with Crippen LogP contribution in [-0.2, 0) is 5.54 Å². The number of thioether (sulfide) groups is 1. The van der Waals surface area contributed by atoms with E-state index >= 15 is 0 Å². The molecule has 1 aliphatic heterocycles. The van der Waals surface area contributed by atoms with Crippen molar-refractivity contribution in [2.24, 2.45) is 0 Å². The van der Waals surface area contributed by atoms with Crippen LogP contribution < -0.4 is 5.32 Å². The predicted molar refractivity (Wildman–Crippen MR) is 85.8 cm³/mol. The Bertz CT molecular complexity index is 404. The molecule has 0 radical (unpaired) electrons. The van der Waals surface area contributed by atoms with Crippen LogP contribution in [0.5, 0.6) is 0 Å². The van der Waals surface area contributed by atoms with Crippen molar-refractivity contribution in [2.45, 2.75) is 31.8 Å². The number of hydrogen-bond acceptors (Lipinski definition) is 3. The molecule has 1 unspecified atom stereocenters. The zero-order valence-electron chi connectivity index (χ0n) is 12.6. The molecule has 1 N–H and O–H groups in total. The summed E-state index contributed by atoms with van der Waals surface area (Å²) in [5.41, 5.74) is 1.72. The molecule has 0 aromatic heterocycles. The van der Waals surface area contributed by atoms with E-state index in [1.54, 1.807) is 0 Å². The van der Waals surface area contributed by atoms with Crippen molar-refractivity contribution in [1.29, 1.82) is 0 Å². The standard InChI is InChI=1S/C16H26N2S/c1-15(2)13-18(10-11-19-4)16(3,12-17-15)14-8-6-5-7-9-14/h5-9,17H,10-13H2,1-4H3. The largest absolute Gasteiger partial charge is 0.308 e. The molecule has 106 valence electrons. The summed E-state index contributed by atoms with van der Waals surface area (Å²) >= 11 is 1.93. The van der Waals surface area contributed by atoms with Gasteiger partial charge in [0.25, 0.3) is 0 Å². The molecule has 1 aliphatic rings. The summed E-state index contributed by atoms with van der Waals surface area (Å²) in [6.45, 7) is 10.2. The number of benzene rings is 1. The number of nitrogens with zero attached hydrogens (tertiary/aromatic N) is 1. The SMILES string of the molecule is CSCCN1CC(C)(C)NCC1(C)c1ccccc1. The highest BCUT2D eigenvalue weighted by Crippen LogP contribution is 2.33. The first-order valence-corrected chi connectivity index (χ1v) is 8.42. The van der Waals surface area contributed by atoms with E-state index in [2.05, 4.69) is 67.6 Å². The second kappa shape index (κ2) is 5.86. The molecule has 1 aromatic rings. The van der Waals surface area contributed by atoms with E-state index in [0.29, 0.717) is 0 Å². The van der Waals surface area contributed by atoms with Crippen LogP contribution in [0.2, 0.25) is 0 Å². The van der Waals surface area contributed by atoms with Crippen LogP contribution in [-0.4, -0.2) is 42.1 Å². The maximum Gasteiger partial charge on any atom is 0.0558 e. The zero-order chi connectivity index (χ0) is 13.9. The first kappa shape index (κ1) is 14.9. The Balaban J connectivity index is 2.25. The average molecular weight is 278 g/mol. The maximum absolute atomic E-state index is 3.71. The minimum absolute atomic E-state index is 0.104. The van der Waals surface area contributed by atoms with Crippen molar-refractivity contribution >= 4 is 11.8 Å². The van der Waals surface area contributed by atoms with Gasteiger partial charge >= 0.3 is 0 Å². The van der Waals surface area contributed by atoms with Gasteiger partial charge in [-0.25, -0.2) is 0 Å². The van der Waals surface area contributed by atoms with Gasteiger partial charge in [0.2, 0.25) is 0 Å². The lowest BCUT2D eigenvalue weighted by atomic mass is 9.84. The third-order valence-corrected chi connectivity index (χ3v) is 4.75. The highest BCUT2D eigenvalue weighted by molar-refractivity contribution is 7.98. The van der Waals surface area contributed by atoms with E-state index in [-0.39, 0.29) is 11.1 Å².